The van der Waals surface area contributed by atoms with Crippen LogP contribution in [-0.2, 0) is 4.79 Å². The minimum absolute atomic E-state index is 0.0688. The van der Waals surface area contributed by atoms with Gasteiger partial charge >= 0.3 is 5.91 Å². The molecule has 0 unspecified atom stereocenters. The van der Waals surface area contributed by atoms with Gasteiger partial charge in [0.05, 0.1) is 28.3 Å². The lowest BCUT2D eigenvalue weighted by molar-refractivity contribution is -0.385. The van der Waals surface area contributed by atoms with E-state index in [1.807, 2.05) is 0 Å². The van der Waals surface area contributed by atoms with Gasteiger partial charge in [-0.05, 0) is 6.07 Å². The van der Waals surface area contributed by atoms with E-state index in [4.69, 9.17) is 4.74 Å². The number of hydrogen-bond donors (Lipinski definition) is 2. The lowest BCUT2D eigenvalue weighted by atomic mass is 10.1. The minimum atomic E-state index is -0.568. The van der Waals surface area contributed by atoms with Crippen LogP contribution in [0.4, 0.5) is 22.2 Å². The Bertz CT molecular complexity index is 1370. The molecule has 1 saturated heterocycles. The molecule has 13 nitrogen and oxygen atoms in total. The summed E-state index contributed by atoms with van der Waals surface area (Å²) in [6.45, 7) is 3.78. The molecule has 2 heterocycles. The molecule has 2 N–H and O–H groups in total. The van der Waals surface area contributed by atoms with Crippen LogP contribution >= 0.6 is 11.3 Å². The standard InChI is InChI=1S/C20H15N7O6S/c1-11-18(23-22-15-9-14(27(31)32)6-7-17(15)33-2)19(28)25(24-11)20-21-16(10-34-20)12-4-3-5-13(8-12)26(29)30/h3-10,22,24H,1H2,2H3/b23-18-. The first-order valence-electron chi connectivity index (χ1n) is 9.45. The summed E-state index contributed by atoms with van der Waals surface area (Å²) in [5.74, 6) is -0.279. The lowest BCUT2D eigenvalue weighted by Crippen LogP contribution is -2.34. The van der Waals surface area contributed by atoms with Crippen LogP contribution in [0, 0.1) is 20.2 Å². The average molecular weight is 481 g/mol. The number of thiazole rings is 1. The molecule has 14 heteroatoms. The van der Waals surface area contributed by atoms with Crippen molar-refractivity contribution >= 4 is 45.1 Å². The van der Waals surface area contributed by atoms with E-state index < -0.39 is 15.8 Å². The van der Waals surface area contributed by atoms with Crippen molar-refractivity contribution in [1.82, 2.24) is 10.4 Å². The molecule has 1 amide bonds. The Morgan fingerprint density at radius 2 is 1.91 bits per heavy atom. The lowest BCUT2D eigenvalue weighted by Gasteiger charge is -2.10. The Kier molecular flexibility index (Phi) is 5.88. The van der Waals surface area contributed by atoms with Gasteiger partial charge in [0.1, 0.15) is 11.4 Å². The van der Waals surface area contributed by atoms with Gasteiger partial charge < -0.3 is 4.74 Å². The molecule has 1 aromatic heterocycles. The summed E-state index contributed by atoms with van der Waals surface area (Å²) < 4.78 is 5.17. The van der Waals surface area contributed by atoms with Crippen molar-refractivity contribution in [2.75, 3.05) is 17.5 Å². The molecule has 0 radical (unpaired) electrons. The predicted octanol–water partition coefficient (Wildman–Crippen LogP) is 3.47. The zero-order valence-electron chi connectivity index (χ0n) is 17.4. The van der Waals surface area contributed by atoms with E-state index in [0.717, 1.165) is 16.3 Å². The van der Waals surface area contributed by atoms with Crippen molar-refractivity contribution in [2.24, 2.45) is 5.10 Å². The van der Waals surface area contributed by atoms with Crippen molar-refractivity contribution in [1.29, 1.82) is 0 Å². The number of nitro benzene ring substituents is 2. The summed E-state index contributed by atoms with van der Waals surface area (Å²) in [7, 11) is 1.39. The van der Waals surface area contributed by atoms with Crippen LogP contribution < -0.4 is 20.6 Å². The van der Waals surface area contributed by atoms with Gasteiger partial charge in [0, 0.05) is 35.2 Å². The molecule has 0 bridgehead atoms. The normalized spacial score (nSPS) is 14.3. The summed E-state index contributed by atoms with van der Waals surface area (Å²) in [5, 5.41) is 29.2. The highest BCUT2D eigenvalue weighted by molar-refractivity contribution is 7.14. The number of amides is 1. The van der Waals surface area contributed by atoms with E-state index in [2.05, 4.69) is 27.5 Å². The van der Waals surface area contributed by atoms with Crippen LogP contribution in [0.25, 0.3) is 11.3 Å². The number of rotatable bonds is 7. The monoisotopic (exact) mass is 481 g/mol. The van der Waals surface area contributed by atoms with Gasteiger partial charge in [-0.3, -0.25) is 35.9 Å². The molecule has 172 valence electrons. The second-order valence-corrected chi connectivity index (χ2v) is 7.60. The molecular formula is C20H15N7O6S. The topological polar surface area (TPSA) is 165 Å². The Hall–Kier alpha value is -4.85. The zero-order chi connectivity index (χ0) is 24.4. The van der Waals surface area contributed by atoms with Gasteiger partial charge in [-0.15, -0.1) is 11.3 Å². The van der Waals surface area contributed by atoms with E-state index >= 15 is 0 Å². The number of nitro groups is 2. The number of benzene rings is 2. The molecule has 1 fully saturated rings. The van der Waals surface area contributed by atoms with Crippen LogP contribution in [0.5, 0.6) is 5.75 Å². The maximum atomic E-state index is 12.9. The number of non-ortho nitro benzene ring substituents is 2. The molecule has 0 saturated carbocycles. The number of hydrazone groups is 1. The Labute approximate surface area is 195 Å². The van der Waals surface area contributed by atoms with E-state index in [1.54, 1.807) is 17.5 Å². The first kappa shape index (κ1) is 22.3. The van der Waals surface area contributed by atoms with Crippen LogP contribution in [0.3, 0.4) is 0 Å². The third-order valence-electron chi connectivity index (χ3n) is 4.66. The molecule has 0 aliphatic carbocycles. The average Bonchev–Trinajstić information content (AvgIpc) is 3.42. The molecule has 3 aromatic rings. The number of hydrogen-bond acceptors (Lipinski definition) is 11. The zero-order valence-corrected chi connectivity index (χ0v) is 18.2. The van der Waals surface area contributed by atoms with Gasteiger partial charge in [-0.2, -0.15) is 10.1 Å². The van der Waals surface area contributed by atoms with E-state index in [1.165, 1.54) is 37.4 Å². The van der Waals surface area contributed by atoms with E-state index in [-0.39, 0.29) is 39.4 Å². The number of nitrogens with one attached hydrogen (secondary N) is 2. The van der Waals surface area contributed by atoms with Crippen molar-refractivity contribution in [3.63, 3.8) is 0 Å². The van der Waals surface area contributed by atoms with Gasteiger partial charge in [0.25, 0.3) is 11.4 Å². The third kappa shape index (κ3) is 4.24. The molecule has 0 atom stereocenters. The largest absolute Gasteiger partial charge is 0.495 e. The molecule has 0 spiro atoms. The van der Waals surface area contributed by atoms with Gasteiger partial charge in [-0.1, -0.05) is 18.7 Å². The van der Waals surface area contributed by atoms with Gasteiger partial charge in [-0.25, -0.2) is 4.98 Å². The van der Waals surface area contributed by atoms with Crippen molar-refractivity contribution in [3.05, 3.63) is 80.3 Å². The van der Waals surface area contributed by atoms with E-state index in [9.17, 15) is 25.0 Å². The Morgan fingerprint density at radius 3 is 2.62 bits per heavy atom. The molecule has 4 rings (SSSR count). The van der Waals surface area contributed by atoms with Crippen LogP contribution in [0.15, 0.2) is 65.2 Å². The van der Waals surface area contributed by atoms with Crippen molar-refractivity contribution in [2.45, 2.75) is 0 Å². The van der Waals surface area contributed by atoms with Crippen molar-refractivity contribution < 1.29 is 19.4 Å². The summed E-state index contributed by atoms with van der Waals surface area (Å²) >= 11 is 1.14. The molecule has 2 aromatic carbocycles. The fraction of sp³-hybridized carbons (Fsp3) is 0.0500. The molecule has 1 aliphatic rings. The highest BCUT2D eigenvalue weighted by Gasteiger charge is 2.34. The summed E-state index contributed by atoms with van der Waals surface area (Å²) in [6.07, 6.45) is 0. The quantitative estimate of drug-likeness (QED) is 0.379. The fourth-order valence-corrected chi connectivity index (χ4v) is 3.81. The number of methoxy groups -OCH3 is 1. The van der Waals surface area contributed by atoms with Gasteiger partial charge in [0.2, 0.25) is 5.13 Å². The van der Waals surface area contributed by atoms with E-state index in [0.29, 0.717) is 11.3 Å². The minimum Gasteiger partial charge on any atom is -0.495 e. The maximum absolute atomic E-state index is 12.9. The number of hydrazine groups is 1. The first-order valence-corrected chi connectivity index (χ1v) is 10.3. The summed E-state index contributed by atoms with van der Waals surface area (Å²) in [5.41, 5.74) is 6.40. The maximum Gasteiger partial charge on any atom is 0.301 e. The fourth-order valence-electron chi connectivity index (χ4n) is 3.02. The highest BCUT2D eigenvalue weighted by atomic mass is 32.1. The Balaban J connectivity index is 1.57. The van der Waals surface area contributed by atoms with Crippen molar-refractivity contribution in [3.8, 4) is 17.0 Å². The SMILES string of the molecule is C=C1NN(c2nc(-c3cccc([N+](=O)[O-])c3)cs2)C(=O)/C1=N\Nc1cc([N+](=O)[O-])ccc1OC. The third-order valence-corrected chi connectivity index (χ3v) is 5.48. The number of anilines is 2. The number of carbonyl (C=O) groups is 1. The number of carbonyl (C=O) groups excluding carboxylic acids is 1. The number of ether oxygens (including phenoxy) is 1. The second-order valence-electron chi connectivity index (χ2n) is 6.77. The van der Waals surface area contributed by atoms with Crippen LogP contribution in [0.2, 0.25) is 0 Å². The summed E-state index contributed by atoms with van der Waals surface area (Å²) in [6, 6.07) is 9.89. The summed E-state index contributed by atoms with van der Waals surface area (Å²) in [4.78, 5) is 38.3. The number of aromatic nitrogens is 1. The highest BCUT2D eigenvalue weighted by Crippen LogP contribution is 2.31. The predicted molar refractivity (Wildman–Crippen MR) is 125 cm³/mol. The molecule has 34 heavy (non-hydrogen) atoms. The smallest absolute Gasteiger partial charge is 0.301 e. The molecular weight excluding hydrogens is 466 g/mol. The van der Waals surface area contributed by atoms with Crippen LogP contribution in [-0.4, -0.2) is 33.6 Å². The second kappa shape index (κ2) is 8.95. The Morgan fingerprint density at radius 1 is 1.18 bits per heavy atom. The van der Waals surface area contributed by atoms with Crippen LogP contribution in [0.1, 0.15) is 0 Å². The number of nitrogens with zero attached hydrogens (tertiary/aromatic N) is 5. The molecule has 1 aliphatic heterocycles. The van der Waals surface area contributed by atoms with Gasteiger partial charge in [0.15, 0.2) is 5.71 Å². The first-order chi connectivity index (χ1) is 16.3.